The van der Waals surface area contributed by atoms with E-state index in [1.54, 1.807) is 48.7 Å². The third kappa shape index (κ3) is 6.13. The first kappa shape index (κ1) is 28.5. The minimum absolute atomic E-state index is 0.0241. The van der Waals surface area contributed by atoms with Gasteiger partial charge in [0.1, 0.15) is 18.5 Å². The number of hydrogen-bond acceptors (Lipinski definition) is 9. The van der Waals surface area contributed by atoms with Gasteiger partial charge in [-0.05, 0) is 74.6 Å². The summed E-state index contributed by atoms with van der Waals surface area (Å²) in [6.45, 7) is 1.56. The number of aliphatic hydroxyl groups excluding tert-OH is 1. The number of ether oxygens (including phenoxy) is 2. The lowest BCUT2D eigenvalue weighted by molar-refractivity contribution is -0.0312. The van der Waals surface area contributed by atoms with Gasteiger partial charge in [0.2, 0.25) is 10.0 Å². The Kier molecular flexibility index (Phi) is 7.81. The average molecular weight is 602 g/mol. The van der Waals surface area contributed by atoms with Crippen LogP contribution in [-0.4, -0.2) is 87.1 Å². The number of benzene rings is 2. The Morgan fingerprint density at radius 1 is 1.05 bits per heavy atom. The number of sulfonamides is 1. The Bertz CT molecular complexity index is 1620. The molecule has 12 heteroatoms. The molecule has 3 heterocycles. The van der Waals surface area contributed by atoms with Gasteiger partial charge in [-0.25, -0.2) is 16.8 Å². The van der Waals surface area contributed by atoms with Crippen molar-refractivity contribution >= 4 is 30.8 Å². The van der Waals surface area contributed by atoms with Crippen molar-refractivity contribution in [1.29, 1.82) is 0 Å². The van der Waals surface area contributed by atoms with E-state index in [4.69, 9.17) is 9.47 Å². The second-order valence-corrected chi connectivity index (χ2v) is 15.4. The van der Waals surface area contributed by atoms with E-state index >= 15 is 0 Å². The second kappa shape index (κ2) is 11.2. The lowest BCUT2D eigenvalue weighted by Gasteiger charge is -2.38. The molecule has 1 unspecified atom stereocenters. The van der Waals surface area contributed by atoms with Crippen molar-refractivity contribution in [3.05, 3.63) is 60.8 Å². The largest absolute Gasteiger partial charge is 0.491 e. The number of nitrogens with zero attached hydrogens (tertiary/aromatic N) is 2. The number of rotatable bonds is 10. The SMILES string of the molecule is O=S(=O)(c1cccc(OCC(O)CN[C@H]2COC3(CCN(S(=O)(=O)c4ccc5ncccc5c4)CC3)C2)c1)C1CC1. The number of aliphatic hydroxyl groups is 1. The minimum Gasteiger partial charge on any atom is -0.491 e. The van der Waals surface area contributed by atoms with Gasteiger partial charge in [0.15, 0.2) is 9.84 Å². The van der Waals surface area contributed by atoms with E-state index in [0.717, 1.165) is 17.3 Å². The third-order valence-corrected chi connectivity index (χ3v) is 12.4. The minimum atomic E-state index is -3.62. The van der Waals surface area contributed by atoms with Gasteiger partial charge in [-0.1, -0.05) is 12.1 Å². The highest BCUT2D eigenvalue weighted by molar-refractivity contribution is 7.92. The number of aromatic nitrogens is 1. The summed E-state index contributed by atoms with van der Waals surface area (Å²) in [5, 5.41) is 14.3. The van der Waals surface area contributed by atoms with Crippen molar-refractivity contribution < 1.29 is 31.4 Å². The zero-order chi connectivity index (χ0) is 28.7. The molecule has 1 aromatic heterocycles. The van der Waals surface area contributed by atoms with Crippen LogP contribution in [0.1, 0.15) is 32.1 Å². The predicted octanol–water partition coefficient (Wildman–Crippen LogP) is 2.51. The Hall–Kier alpha value is -2.61. The van der Waals surface area contributed by atoms with Crippen molar-refractivity contribution in [2.24, 2.45) is 0 Å². The molecule has 2 aliphatic heterocycles. The molecule has 1 spiro atoms. The van der Waals surface area contributed by atoms with Crippen LogP contribution in [0.4, 0.5) is 0 Å². The van der Waals surface area contributed by atoms with Crippen LogP contribution < -0.4 is 10.1 Å². The summed E-state index contributed by atoms with van der Waals surface area (Å²) in [5.74, 6) is 0.413. The average Bonchev–Trinajstić information content (AvgIpc) is 3.78. The van der Waals surface area contributed by atoms with Gasteiger partial charge in [0, 0.05) is 37.3 Å². The van der Waals surface area contributed by atoms with Crippen LogP contribution in [0.25, 0.3) is 10.9 Å². The molecule has 3 fully saturated rings. The lowest BCUT2D eigenvalue weighted by atomic mass is 9.88. The van der Waals surface area contributed by atoms with Crippen LogP contribution in [-0.2, 0) is 24.6 Å². The summed E-state index contributed by atoms with van der Waals surface area (Å²) < 4.78 is 65.0. The molecule has 220 valence electrons. The molecule has 0 amide bonds. The maximum Gasteiger partial charge on any atom is 0.243 e. The van der Waals surface area contributed by atoms with E-state index in [0.29, 0.717) is 57.7 Å². The molecular formula is C29H35N3O7S2. The molecule has 3 aromatic rings. The van der Waals surface area contributed by atoms with Crippen LogP contribution >= 0.6 is 0 Å². The van der Waals surface area contributed by atoms with Crippen molar-refractivity contribution in [3.63, 3.8) is 0 Å². The summed E-state index contributed by atoms with van der Waals surface area (Å²) in [7, 11) is -6.93. The van der Waals surface area contributed by atoms with E-state index in [1.165, 1.54) is 10.4 Å². The molecular weight excluding hydrogens is 566 g/mol. The van der Waals surface area contributed by atoms with Crippen molar-refractivity contribution in [2.75, 3.05) is 32.8 Å². The van der Waals surface area contributed by atoms with Crippen LogP contribution in [0.15, 0.2) is 70.6 Å². The zero-order valence-corrected chi connectivity index (χ0v) is 24.3. The molecule has 41 heavy (non-hydrogen) atoms. The van der Waals surface area contributed by atoms with Crippen LogP contribution in [0.3, 0.4) is 0 Å². The molecule has 3 aliphatic rings. The molecule has 10 nitrogen and oxygen atoms in total. The van der Waals surface area contributed by atoms with Gasteiger partial charge in [0.25, 0.3) is 0 Å². The molecule has 6 rings (SSSR count). The molecule has 0 radical (unpaired) electrons. The number of pyridine rings is 1. The van der Waals surface area contributed by atoms with Gasteiger partial charge < -0.3 is 19.9 Å². The highest BCUT2D eigenvalue weighted by atomic mass is 32.2. The molecule has 2 atom stereocenters. The molecule has 1 aliphatic carbocycles. The Morgan fingerprint density at radius 3 is 2.63 bits per heavy atom. The quantitative estimate of drug-likeness (QED) is 0.359. The lowest BCUT2D eigenvalue weighted by Crippen LogP contribution is -2.47. The van der Waals surface area contributed by atoms with E-state index < -0.39 is 26.0 Å². The summed E-state index contributed by atoms with van der Waals surface area (Å²) in [6.07, 6.45) is 4.23. The van der Waals surface area contributed by atoms with Crippen molar-refractivity contribution in [3.8, 4) is 5.75 Å². The second-order valence-electron chi connectivity index (χ2n) is 11.2. The number of fused-ring (bicyclic) bond motifs is 1. The smallest absolute Gasteiger partial charge is 0.243 e. The third-order valence-electron chi connectivity index (χ3n) is 8.24. The highest BCUT2D eigenvalue weighted by Crippen LogP contribution is 2.38. The molecule has 2 saturated heterocycles. The van der Waals surface area contributed by atoms with Gasteiger partial charge in [-0.2, -0.15) is 4.31 Å². The number of sulfone groups is 1. The fourth-order valence-electron chi connectivity index (χ4n) is 5.69. The standard InChI is InChI=1S/C29H35N3O7S2/c33-23(20-38-24-4-1-5-26(16-24)40(34,35)25-6-7-25)18-31-22-17-29(39-19-22)10-13-32(14-11-29)41(36,37)27-8-9-28-21(15-27)3-2-12-30-28/h1-5,8-9,12,15-16,22-23,25,31,33H,6-7,10-11,13-14,17-20H2/t22-,23?/m1/s1. The van der Waals surface area contributed by atoms with Gasteiger partial charge in [0.05, 0.1) is 32.8 Å². The van der Waals surface area contributed by atoms with Gasteiger partial charge in [-0.15, -0.1) is 0 Å². The predicted molar refractivity (Wildman–Crippen MR) is 153 cm³/mol. The van der Waals surface area contributed by atoms with Crippen molar-refractivity contribution in [2.45, 2.75) is 64.9 Å². The first-order chi connectivity index (χ1) is 19.6. The zero-order valence-electron chi connectivity index (χ0n) is 22.7. The Morgan fingerprint density at radius 2 is 1.85 bits per heavy atom. The van der Waals surface area contributed by atoms with Crippen LogP contribution in [0.5, 0.6) is 5.75 Å². The number of hydrogen-bond donors (Lipinski definition) is 2. The number of nitrogens with one attached hydrogen (secondary N) is 1. The fourth-order valence-corrected chi connectivity index (χ4v) is 8.85. The van der Waals surface area contributed by atoms with E-state index in [2.05, 4.69) is 10.3 Å². The molecule has 1 saturated carbocycles. The summed E-state index contributed by atoms with van der Waals surface area (Å²) in [6, 6.07) is 15.1. The normalized spacial score (nSPS) is 22.2. The molecule has 2 aromatic carbocycles. The van der Waals surface area contributed by atoms with Gasteiger partial charge >= 0.3 is 0 Å². The number of piperidine rings is 1. The van der Waals surface area contributed by atoms with E-state index in [-0.39, 0.29) is 33.3 Å². The van der Waals surface area contributed by atoms with Crippen LogP contribution in [0, 0.1) is 0 Å². The highest BCUT2D eigenvalue weighted by Gasteiger charge is 2.44. The first-order valence-electron chi connectivity index (χ1n) is 14.0. The molecule has 0 bridgehead atoms. The Balaban J connectivity index is 0.970. The monoisotopic (exact) mass is 601 g/mol. The fraction of sp³-hybridized carbons (Fsp3) is 0.483. The summed E-state index contributed by atoms with van der Waals surface area (Å²) >= 11 is 0. The van der Waals surface area contributed by atoms with Crippen molar-refractivity contribution in [1.82, 2.24) is 14.6 Å². The Labute approximate surface area is 240 Å². The molecule has 2 N–H and O–H groups in total. The summed E-state index contributed by atoms with van der Waals surface area (Å²) in [4.78, 5) is 4.79. The maximum absolute atomic E-state index is 13.3. The van der Waals surface area contributed by atoms with E-state index in [1.807, 2.05) is 6.07 Å². The van der Waals surface area contributed by atoms with Crippen LogP contribution in [0.2, 0.25) is 0 Å². The maximum atomic E-state index is 13.3. The van der Waals surface area contributed by atoms with E-state index in [9.17, 15) is 21.9 Å². The first-order valence-corrected chi connectivity index (χ1v) is 17.0. The summed E-state index contributed by atoms with van der Waals surface area (Å²) in [5.41, 5.74) is 0.374. The topological polar surface area (TPSA) is 135 Å². The van der Waals surface area contributed by atoms with Gasteiger partial charge in [-0.3, -0.25) is 4.98 Å².